The lowest BCUT2D eigenvalue weighted by Gasteiger charge is -2.26. The van der Waals surface area contributed by atoms with Gasteiger partial charge in [-0.05, 0) is 37.3 Å². The van der Waals surface area contributed by atoms with Gasteiger partial charge in [0, 0.05) is 10.9 Å². The van der Waals surface area contributed by atoms with Crippen LogP contribution in [0.1, 0.15) is 18.1 Å². The van der Waals surface area contributed by atoms with Crippen LogP contribution in [0.5, 0.6) is 11.5 Å². The van der Waals surface area contributed by atoms with Crippen molar-refractivity contribution in [2.24, 2.45) is 0 Å². The SMILES string of the molecule is CC(c1ccccc1O)P(=O)(Oc1ccccc1)c1ccccc1. The van der Waals surface area contributed by atoms with Gasteiger partial charge in [-0.3, -0.25) is 4.57 Å². The van der Waals surface area contributed by atoms with Crippen LogP contribution >= 0.6 is 7.37 Å². The van der Waals surface area contributed by atoms with Gasteiger partial charge in [0.05, 0.1) is 5.66 Å². The summed E-state index contributed by atoms with van der Waals surface area (Å²) < 4.78 is 19.9. The van der Waals surface area contributed by atoms with Crippen molar-refractivity contribution < 1.29 is 14.2 Å². The van der Waals surface area contributed by atoms with E-state index < -0.39 is 13.0 Å². The minimum absolute atomic E-state index is 0.123. The van der Waals surface area contributed by atoms with Gasteiger partial charge < -0.3 is 9.63 Å². The van der Waals surface area contributed by atoms with Gasteiger partial charge >= 0.3 is 0 Å². The smallest absolute Gasteiger partial charge is 0.284 e. The number of phenols is 1. The molecule has 122 valence electrons. The van der Waals surface area contributed by atoms with Gasteiger partial charge in [0.2, 0.25) is 0 Å². The number of para-hydroxylation sites is 2. The molecule has 2 atom stereocenters. The third-order valence-electron chi connectivity index (χ3n) is 4.00. The lowest BCUT2D eigenvalue weighted by molar-refractivity contribution is 0.458. The summed E-state index contributed by atoms with van der Waals surface area (Å²) in [5.74, 6) is 0.671. The van der Waals surface area contributed by atoms with Crippen LogP contribution in [0.3, 0.4) is 0 Å². The minimum Gasteiger partial charge on any atom is -0.508 e. The number of hydrogen-bond acceptors (Lipinski definition) is 3. The van der Waals surface area contributed by atoms with Crippen LogP contribution in [-0.2, 0) is 4.57 Å². The number of rotatable bonds is 5. The predicted molar refractivity (Wildman–Crippen MR) is 97.3 cm³/mol. The zero-order valence-corrected chi connectivity index (χ0v) is 14.3. The molecule has 0 radical (unpaired) electrons. The van der Waals surface area contributed by atoms with Crippen LogP contribution in [0, 0.1) is 0 Å². The molecule has 0 aromatic heterocycles. The molecule has 0 aliphatic heterocycles. The fraction of sp³-hybridized carbons (Fsp3) is 0.100. The van der Waals surface area contributed by atoms with E-state index in [4.69, 9.17) is 4.52 Å². The molecule has 0 fully saturated rings. The predicted octanol–water partition coefficient (Wildman–Crippen LogP) is 5.14. The van der Waals surface area contributed by atoms with Gasteiger partial charge in [-0.2, -0.15) is 0 Å². The van der Waals surface area contributed by atoms with Crippen molar-refractivity contribution in [2.45, 2.75) is 12.6 Å². The average Bonchev–Trinajstić information content (AvgIpc) is 2.63. The number of hydrogen-bond donors (Lipinski definition) is 1. The minimum atomic E-state index is -3.29. The first kappa shape index (κ1) is 16.4. The normalized spacial score (nSPS) is 14.5. The van der Waals surface area contributed by atoms with E-state index in [1.807, 2.05) is 49.4 Å². The Bertz CT molecular complexity index is 847. The highest BCUT2D eigenvalue weighted by Gasteiger charge is 2.36. The van der Waals surface area contributed by atoms with Gasteiger partial charge in [0.15, 0.2) is 0 Å². The fourth-order valence-corrected chi connectivity index (χ4v) is 4.97. The van der Waals surface area contributed by atoms with E-state index in [1.54, 1.807) is 42.5 Å². The van der Waals surface area contributed by atoms with Crippen molar-refractivity contribution in [1.82, 2.24) is 0 Å². The summed E-state index contributed by atoms with van der Waals surface area (Å²) in [4.78, 5) is 0. The zero-order valence-electron chi connectivity index (χ0n) is 13.4. The summed E-state index contributed by atoms with van der Waals surface area (Å²) in [6, 6.07) is 25.3. The Morgan fingerprint density at radius 1 is 0.833 bits per heavy atom. The molecule has 4 heteroatoms. The van der Waals surface area contributed by atoms with E-state index in [0.29, 0.717) is 16.6 Å². The van der Waals surface area contributed by atoms with Gasteiger partial charge in [-0.25, -0.2) is 0 Å². The molecule has 0 aliphatic rings. The Kier molecular flexibility index (Phi) is 4.73. The van der Waals surface area contributed by atoms with Gasteiger partial charge in [0.25, 0.3) is 7.37 Å². The molecule has 0 saturated heterocycles. The van der Waals surface area contributed by atoms with E-state index in [0.717, 1.165) is 0 Å². The molecule has 3 aromatic carbocycles. The fourth-order valence-electron chi connectivity index (χ4n) is 2.65. The summed E-state index contributed by atoms with van der Waals surface area (Å²) in [6.07, 6.45) is 0. The summed E-state index contributed by atoms with van der Waals surface area (Å²) in [6.45, 7) is 1.83. The largest absolute Gasteiger partial charge is 0.508 e. The van der Waals surface area contributed by atoms with Gasteiger partial charge in [-0.1, -0.05) is 54.6 Å². The third-order valence-corrected chi connectivity index (χ3v) is 6.79. The summed E-state index contributed by atoms with van der Waals surface area (Å²) in [5, 5.41) is 10.8. The molecule has 0 amide bonds. The second-order valence-corrected chi connectivity index (χ2v) is 8.24. The first-order chi connectivity index (χ1) is 11.6. The molecule has 0 bridgehead atoms. The van der Waals surface area contributed by atoms with Crippen LogP contribution < -0.4 is 9.83 Å². The summed E-state index contributed by atoms with van der Waals surface area (Å²) >= 11 is 0. The Morgan fingerprint density at radius 3 is 2.00 bits per heavy atom. The van der Waals surface area contributed by atoms with Crippen molar-refractivity contribution in [3.63, 3.8) is 0 Å². The first-order valence-corrected chi connectivity index (χ1v) is 9.48. The van der Waals surface area contributed by atoms with E-state index in [-0.39, 0.29) is 5.75 Å². The lowest BCUT2D eigenvalue weighted by atomic mass is 10.1. The van der Waals surface area contributed by atoms with Crippen LogP contribution in [-0.4, -0.2) is 5.11 Å². The molecule has 24 heavy (non-hydrogen) atoms. The summed E-state index contributed by atoms with van der Waals surface area (Å²) in [5.41, 5.74) is 0.127. The number of phenolic OH excluding ortho intramolecular Hbond substituents is 1. The topological polar surface area (TPSA) is 46.5 Å². The van der Waals surface area contributed by atoms with E-state index >= 15 is 0 Å². The van der Waals surface area contributed by atoms with Crippen LogP contribution in [0.2, 0.25) is 0 Å². The third kappa shape index (κ3) is 3.22. The molecule has 0 heterocycles. The lowest BCUT2D eigenvalue weighted by Crippen LogP contribution is -2.14. The maximum atomic E-state index is 13.9. The highest BCUT2D eigenvalue weighted by atomic mass is 31.2. The van der Waals surface area contributed by atoms with Crippen molar-refractivity contribution >= 4 is 12.7 Å². The van der Waals surface area contributed by atoms with Crippen molar-refractivity contribution in [2.75, 3.05) is 0 Å². The maximum Gasteiger partial charge on any atom is 0.284 e. The van der Waals surface area contributed by atoms with E-state index in [9.17, 15) is 9.67 Å². The molecule has 3 rings (SSSR count). The molecule has 0 spiro atoms. The highest BCUT2D eigenvalue weighted by molar-refractivity contribution is 7.67. The van der Waals surface area contributed by atoms with E-state index in [1.165, 1.54) is 0 Å². The Balaban J connectivity index is 2.09. The molecule has 3 nitrogen and oxygen atoms in total. The highest BCUT2D eigenvalue weighted by Crippen LogP contribution is 2.59. The molecule has 1 N–H and O–H groups in total. The molecule has 0 aliphatic carbocycles. The van der Waals surface area contributed by atoms with Gasteiger partial charge in [0.1, 0.15) is 11.5 Å². The van der Waals surface area contributed by atoms with Crippen molar-refractivity contribution in [3.8, 4) is 11.5 Å². The molecular formula is C20H19O3P. The number of aromatic hydroxyl groups is 1. The Morgan fingerprint density at radius 2 is 1.38 bits per heavy atom. The monoisotopic (exact) mass is 338 g/mol. The molecule has 0 saturated carbocycles. The Hall–Kier alpha value is -2.51. The molecule has 3 aromatic rings. The first-order valence-electron chi connectivity index (χ1n) is 7.79. The van der Waals surface area contributed by atoms with Crippen LogP contribution in [0.4, 0.5) is 0 Å². The van der Waals surface area contributed by atoms with E-state index in [2.05, 4.69) is 0 Å². The zero-order chi connectivity index (χ0) is 17.0. The molecule has 2 unspecified atom stereocenters. The van der Waals surface area contributed by atoms with Crippen molar-refractivity contribution in [1.29, 1.82) is 0 Å². The second-order valence-electron chi connectivity index (χ2n) is 5.57. The van der Waals surface area contributed by atoms with Crippen LogP contribution in [0.15, 0.2) is 84.9 Å². The summed E-state index contributed by atoms with van der Waals surface area (Å²) in [7, 11) is -3.29. The average molecular weight is 338 g/mol. The van der Waals surface area contributed by atoms with Crippen LogP contribution in [0.25, 0.3) is 0 Å². The Labute approximate surface area is 142 Å². The quantitative estimate of drug-likeness (QED) is 0.656. The maximum absolute atomic E-state index is 13.9. The van der Waals surface area contributed by atoms with Crippen molar-refractivity contribution in [3.05, 3.63) is 90.5 Å². The second kappa shape index (κ2) is 6.94. The van der Waals surface area contributed by atoms with Gasteiger partial charge in [-0.15, -0.1) is 0 Å². The number of benzene rings is 3. The standard InChI is InChI=1S/C20H19O3P/c1-16(19-14-8-9-15-20(19)21)24(22,18-12-6-3-7-13-18)23-17-10-4-2-5-11-17/h2-16,21H,1H3. The molecular weight excluding hydrogens is 319 g/mol.